The summed E-state index contributed by atoms with van der Waals surface area (Å²) in [6.45, 7) is 10.2. The van der Waals surface area contributed by atoms with Gasteiger partial charge in [0.15, 0.2) is 0 Å². The van der Waals surface area contributed by atoms with Crippen molar-refractivity contribution in [3.8, 4) is 0 Å². The first-order valence-corrected chi connectivity index (χ1v) is 5.54. The molecule has 0 saturated heterocycles. The van der Waals surface area contributed by atoms with Gasteiger partial charge >= 0.3 is 0 Å². The van der Waals surface area contributed by atoms with Crippen molar-refractivity contribution in [3.05, 3.63) is 35.5 Å². The van der Waals surface area contributed by atoms with Crippen molar-refractivity contribution in [2.45, 2.75) is 27.2 Å². The fourth-order valence-corrected chi connectivity index (χ4v) is 1.67. The molecule has 0 unspecified atom stereocenters. The van der Waals surface area contributed by atoms with E-state index in [1.54, 1.807) is 0 Å². The summed E-state index contributed by atoms with van der Waals surface area (Å²) in [5, 5.41) is 0. The summed E-state index contributed by atoms with van der Waals surface area (Å²) in [4.78, 5) is 2.46. The Morgan fingerprint density at radius 1 is 1.14 bits per heavy atom. The standard InChI is InChI=1S/C13H21N/c1-4-14(5-2)11-10-12(3)13-8-6-7-9-13/h6-9H,4-5,10-11H2,1-3H3. The van der Waals surface area contributed by atoms with Gasteiger partial charge in [0.05, 0.1) is 0 Å². The van der Waals surface area contributed by atoms with Crippen LogP contribution < -0.4 is 0 Å². The molecule has 0 bridgehead atoms. The zero-order valence-corrected chi connectivity index (χ0v) is 9.59. The van der Waals surface area contributed by atoms with E-state index in [9.17, 15) is 0 Å². The fraction of sp³-hybridized carbons (Fsp3) is 0.538. The van der Waals surface area contributed by atoms with E-state index < -0.39 is 0 Å². The van der Waals surface area contributed by atoms with Crippen molar-refractivity contribution < 1.29 is 0 Å². The van der Waals surface area contributed by atoms with Crippen LogP contribution in [0.4, 0.5) is 0 Å². The van der Waals surface area contributed by atoms with Crippen LogP contribution in [0, 0.1) is 0 Å². The van der Waals surface area contributed by atoms with Gasteiger partial charge in [-0.05, 0) is 32.0 Å². The Kier molecular flexibility index (Phi) is 4.68. The lowest BCUT2D eigenvalue weighted by Crippen LogP contribution is -2.24. The van der Waals surface area contributed by atoms with Gasteiger partial charge in [-0.25, -0.2) is 0 Å². The first-order chi connectivity index (χ1) is 6.77. The van der Waals surface area contributed by atoms with E-state index in [0.29, 0.717) is 0 Å². The molecule has 78 valence electrons. The third-order valence-corrected chi connectivity index (χ3v) is 2.85. The highest BCUT2D eigenvalue weighted by atomic mass is 15.1. The Morgan fingerprint density at radius 3 is 2.21 bits per heavy atom. The molecule has 0 radical (unpaired) electrons. The van der Waals surface area contributed by atoms with E-state index in [0.717, 1.165) is 13.1 Å². The third-order valence-electron chi connectivity index (χ3n) is 2.85. The summed E-state index contributed by atoms with van der Waals surface area (Å²) in [5.74, 6) is 0. The average molecular weight is 191 g/mol. The van der Waals surface area contributed by atoms with Crippen LogP contribution in [0.25, 0.3) is 0 Å². The van der Waals surface area contributed by atoms with Crippen LogP contribution >= 0.6 is 0 Å². The number of allylic oxidation sites excluding steroid dienone is 5. The van der Waals surface area contributed by atoms with Gasteiger partial charge in [-0.1, -0.05) is 43.7 Å². The highest BCUT2D eigenvalue weighted by Crippen LogP contribution is 2.15. The zero-order chi connectivity index (χ0) is 10.4. The van der Waals surface area contributed by atoms with E-state index >= 15 is 0 Å². The van der Waals surface area contributed by atoms with Crippen molar-refractivity contribution >= 4 is 0 Å². The highest BCUT2D eigenvalue weighted by Gasteiger charge is 2.02. The molecule has 0 aliphatic heterocycles. The average Bonchev–Trinajstić information content (AvgIpc) is 2.72. The van der Waals surface area contributed by atoms with Crippen LogP contribution in [0.3, 0.4) is 0 Å². The number of nitrogens with zero attached hydrogens (tertiary/aromatic N) is 1. The summed E-state index contributed by atoms with van der Waals surface area (Å²) in [7, 11) is 0. The van der Waals surface area contributed by atoms with Crippen LogP contribution in [-0.4, -0.2) is 24.5 Å². The number of hydrogen-bond acceptors (Lipinski definition) is 1. The Hall–Kier alpha value is -0.820. The number of hydrogen-bond donors (Lipinski definition) is 0. The summed E-state index contributed by atoms with van der Waals surface area (Å²) in [5.41, 5.74) is 2.90. The van der Waals surface area contributed by atoms with Crippen molar-refractivity contribution in [1.82, 2.24) is 4.90 Å². The van der Waals surface area contributed by atoms with E-state index in [2.05, 4.69) is 50.0 Å². The minimum Gasteiger partial charge on any atom is -0.304 e. The molecule has 0 N–H and O–H groups in total. The maximum absolute atomic E-state index is 2.46. The Labute approximate surface area is 87.8 Å². The second-order valence-corrected chi connectivity index (χ2v) is 3.73. The van der Waals surface area contributed by atoms with Gasteiger partial charge in [-0.15, -0.1) is 0 Å². The van der Waals surface area contributed by atoms with Gasteiger partial charge in [0.25, 0.3) is 0 Å². The molecular weight excluding hydrogens is 170 g/mol. The fourth-order valence-electron chi connectivity index (χ4n) is 1.67. The topological polar surface area (TPSA) is 3.24 Å². The molecule has 0 aromatic carbocycles. The maximum Gasteiger partial charge on any atom is 0.00186 e. The first kappa shape index (κ1) is 11.3. The molecule has 1 nitrogen and oxygen atoms in total. The minimum atomic E-state index is 1.16. The molecule has 0 aromatic rings. The Morgan fingerprint density at radius 2 is 1.71 bits per heavy atom. The monoisotopic (exact) mass is 191 g/mol. The second kappa shape index (κ2) is 5.82. The summed E-state index contributed by atoms with van der Waals surface area (Å²) in [6, 6.07) is 0. The molecule has 0 spiro atoms. The normalized spacial score (nSPS) is 14.4. The Bertz CT molecular complexity index is 240. The molecule has 1 heteroatoms. The van der Waals surface area contributed by atoms with Crippen molar-refractivity contribution in [2.24, 2.45) is 0 Å². The van der Waals surface area contributed by atoms with E-state index in [4.69, 9.17) is 0 Å². The second-order valence-electron chi connectivity index (χ2n) is 3.73. The molecule has 0 saturated carbocycles. The lowest BCUT2D eigenvalue weighted by molar-refractivity contribution is 0.307. The van der Waals surface area contributed by atoms with Gasteiger partial charge < -0.3 is 4.90 Å². The van der Waals surface area contributed by atoms with Gasteiger partial charge in [-0.3, -0.25) is 0 Å². The lowest BCUT2D eigenvalue weighted by Gasteiger charge is -2.18. The van der Waals surface area contributed by atoms with Crippen molar-refractivity contribution in [3.63, 3.8) is 0 Å². The van der Waals surface area contributed by atoms with E-state index in [1.165, 1.54) is 24.1 Å². The van der Waals surface area contributed by atoms with Crippen LogP contribution in [-0.2, 0) is 0 Å². The maximum atomic E-state index is 2.46. The van der Waals surface area contributed by atoms with Crippen LogP contribution in [0.5, 0.6) is 0 Å². The quantitative estimate of drug-likeness (QED) is 0.645. The Balaban J connectivity index is 2.41. The highest BCUT2D eigenvalue weighted by molar-refractivity contribution is 5.42. The van der Waals surface area contributed by atoms with Crippen LogP contribution in [0.2, 0.25) is 0 Å². The third kappa shape index (κ3) is 3.15. The first-order valence-electron chi connectivity index (χ1n) is 5.54. The molecule has 0 aromatic heterocycles. The summed E-state index contributed by atoms with van der Waals surface area (Å²) in [6.07, 6.45) is 9.79. The zero-order valence-electron chi connectivity index (χ0n) is 9.59. The molecule has 0 amide bonds. The van der Waals surface area contributed by atoms with Crippen LogP contribution in [0.15, 0.2) is 35.5 Å². The van der Waals surface area contributed by atoms with Gasteiger partial charge in [-0.2, -0.15) is 0 Å². The molecule has 1 aliphatic carbocycles. The molecular formula is C13H21N. The predicted octanol–water partition coefficient (Wildman–Crippen LogP) is 3.16. The molecule has 0 heterocycles. The van der Waals surface area contributed by atoms with Crippen molar-refractivity contribution in [2.75, 3.05) is 19.6 Å². The number of rotatable bonds is 5. The van der Waals surface area contributed by atoms with Gasteiger partial charge in [0.2, 0.25) is 0 Å². The smallest absolute Gasteiger partial charge is 0.00186 e. The van der Waals surface area contributed by atoms with E-state index in [1.807, 2.05) is 0 Å². The minimum absolute atomic E-state index is 1.16. The molecule has 0 atom stereocenters. The molecule has 14 heavy (non-hydrogen) atoms. The van der Waals surface area contributed by atoms with Crippen molar-refractivity contribution in [1.29, 1.82) is 0 Å². The SMILES string of the molecule is CCN(CC)CCC(C)=C1C=CC=C1. The molecule has 1 aliphatic rings. The summed E-state index contributed by atoms with van der Waals surface area (Å²) >= 11 is 0. The largest absolute Gasteiger partial charge is 0.304 e. The predicted molar refractivity (Wildman–Crippen MR) is 63.4 cm³/mol. The molecule has 1 rings (SSSR count). The van der Waals surface area contributed by atoms with E-state index in [-0.39, 0.29) is 0 Å². The van der Waals surface area contributed by atoms with Crippen LogP contribution in [0.1, 0.15) is 27.2 Å². The lowest BCUT2D eigenvalue weighted by atomic mass is 10.1. The summed E-state index contributed by atoms with van der Waals surface area (Å²) < 4.78 is 0. The van der Waals surface area contributed by atoms with Gasteiger partial charge in [0.1, 0.15) is 0 Å². The molecule has 0 fully saturated rings. The van der Waals surface area contributed by atoms with Gasteiger partial charge in [0, 0.05) is 6.54 Å².